The van der Waals surface area contributed by atoms with E-state index in [1.165, 1.54) is 11.2 Å². The minimum absolute atomic E-state index is 0.0912. The van der Waals surface area contributed by atoms with Crippen molar-refractivity contribution in [2.45, 2.75) is 63.3 Å². The fourth-order valence-corrected chi connectivity index (χ4v) is 6.64. The van der Waals surface area contributed by atoms with Gasteiger partial charge in [-0.1, -0.05) is 53.9 Å². The van der Waals surface area contributed by atoms with Crippen LogP contribution in [0, 0.1) is 11.8 Å². The van der Waals surface area contributed by atoms with E-state index in [4.69, 9.17) is 23.2 Å². The van der Waals surface area contributed by atoms with Gasteiger partial charge in [-0.25, -0.2) is 8.42 Å². The van der Waals surface area contributed by atoms with E-state index in [9.17, 15) is 18.3 Å². The van der Waals surface area contributed by atoms with Crippen LogP contribution in [0.4, 0.5) is 0 Å². The molecule has 1 aliphatic heterocycles. The van der Waals surface area contributed by atoms with E-state index in [1.54, 1.807) is 45.0 Å². The highest BCUT2D eigenvalue weighted by atomic mass is 35.5. The van der Waals surface area contributed by atoms with Gasteiger partial charge in [0, 0.05) is 22.6 Å². The first-order valence-corrected chi connectivity index (χ1v) is 12.1. The van der Waals surface area contributed by atoms with E-state index >= 15 is 0 Å². The van der Waals surface area contributed by atoms with Crippen LogP contribution in [0.25, 0.3) is 0 Å². The van der Waals surface area contributed by atoms with Crippen molar-refractivity contribution < 1.29 is 18.3 Å². The number of sulfonamides is 1. The van der Waals surface area contributed by atoms with Gasteiger partial charge in [-0.2, -0.15) is 4.31 Å². The zero-order valence-corrected chi connectivity index (χ0v) is 20.4. The number of aliphatic carboxylic acids is 1. The van der Waals surface area contributed by atoms with Gasteiger partial charge in [0.2, 0.25) is 10.0 Å². The molecule has 168 valence electrons. The van der Waals surface area contributed by atoms with E-state index in [0.717, 1.165) is 5.56 Å². The fourth-order valence-electron chi connectivity index (χ4n) is 4.07. The zero-order chi connectivity index (χ0) is 23.6. The van der Waals surface area contributed by atoms with Crippen molar-refractivity contribution in [1.82, 2.24) is 4.31 Å². The summed E-state index contributed by atoms with van der Waals surface area (Å²) in [6.07, 6.45) is 1.22. The van der Waals surface area contributed by atoms with Crippen molar-refractivity contribution in [3.05, 3.63) is 58.1 Å². The average Bonchev–Trinajstić information content (AvgIpc) is 2.66. The Morgan fingerprint density at radius 1 is 1.42 bits per heavy atom. The summed E-state index contributed by atoms with van der Waals surface area (Å²) in [6, 6.07) is 6.02. The second kappa shape index (κ2) is 9.79. The van der Waals surface area contributed by atoms with Gasteiger partial charge < -0.3 is 5.11 Å². The maximum Gasteiger partial charge on any atom is 0.304 e. The van der Waals surface area contributed by atoms with Crippen LogP contribution in [0.5, 0.6) is 0 Å². The summed E-state index contributed by atoms with van der Waals surface area (Å²) in [6.45, 7) is 10.8. The summed E-state index contributed by atoms with van der Waals surface area (Å²) in [5.41, 5.74) is 1.19. The molecule has 3 atom stereocenters. The topological polar surface area (TPSA) is 74.7 Å². The Balaban J connectivity index is 2.75. The van der Waals surface area contributed by atoms with Gasteiger partial charge in [0.05, 0.1) is 22.2 Å². The Kier molecular flexibility index (Phi) is 8.04. The molecule has 0 unspecified atom stereocenters. The van der Waals surface area contributed by atoms with Crippen LogP contribution in [0.15, 0.2) is 47.5 Å². The number of carbonyl (C=O) groups is 1. The lowest BCUT2D eigenvalue weighted by Gasteiger charge is -2.50. The van der Waals surface area contributed by atoms with Gasteiger partial charge in [0.15, 0.2) is 0 Å². The fraction of sp³-hybridized carbons (Fsp3) is 0.435. The second-order valence-electron chi connectivity index (χ2n) is 8.17. The first-order valence-electron chi connectivity index (χ1n) is 9.87. The second-order valence-corrected chi connectivity index (χ2v) is 11.4. The molecular weight excluding hydrogens is 457 g/mol. The summed E-state index contributed by atoms with van der Waals surface area (Å²) in [7, 11) is -4.00. The molecule has 1 N–H and O–H groups in total. The molecule has 0 aromatic heterocycles. The lowest BCUT2D eigenvalue weighted by atomic mass is 9.79. The van der Waals surface area contributed by atoms with E-state index in [2.05, 4.69) is 18.4 Å². The largest absolute Gasteiger partial charge is 0.481 e. The summed E-state index contributed by atoms with van der Waals surface area (Å²) >= 11 is 12.2. The zero-order valence-electron chi connectivity index (χ0n) is 18.0. The number of halogens is 2. The number of rotatable bonds is 5. The third kappa shape index (κ3) is 5.35. The molecular formula is C23H27Cl2NO4S. The molecule has 0 amide bonds. The molecule has 0 radical (unpaired) electrons. The van der Waals surface area contributed by atoms with Crippen molar-refractivity contribution >= 4 is 39.2 Å². The number of carboxylic acid groups (broad SMARTS) is 1. The Morgan fingerprint density at radius 2 is 2.06 bits per heavy atom. The Morgan fingerprint density at radius 3 is 2.58 bits per heavy atom. The summed E-state index contributed by atoms with van der Waals surface area (Å²) in [4.78, 5) is 11.6. The van der Waals surface area contributed by atoms with E-state index in [0.29, 0.717) is 15.6 Å². The number of allylic oxidation sites excluding steroid dienone is 2. The monoisotopic (exact) mass is 483 g/mol. The van der Waals surface area contributed by atoms with Crippen LogP contribution in [-0.4, -0.2) is 40.6 Å². The van der Waals surface area contributed by atoms with Gasteiger partial charge in [0.25, 0.3) is 0 Å². The number of nitrogens with zero attached hydrogens (tertiary/aromatic N) is 1. The molecule has 2 rings (SSSR count). The summed E-state index contributed by atoms with van der Waals surface area (Å²) in [5, 5.41) is 10.3. The minimum atomic E-state index is -4.00. The molecule has 1 aromatic rings. The standard InChI is InChI=1S/C23H27Cl2NO4S/c1-6-18(24)11-10-16(4)22-20(17-8-7-9-19(25)12-17)13-23(5,14-21(27)28)31(29,30)26(22)15(2)3/h6-9,12,15,20,22H,4,13-14H2,1-3,5H3,(H,27,28)/b18-6+/t20-,22-,23-/m1/s1. The molecule has 1 aromatic carbocycles. The summed E-state index contributed by atoms with van der Waals surface area (Å²) < 4.78 is 27.2. The minimum Gasteiger partial charge on any atom is -0.481 e. The maximum absolute atomic E-state index is 13.7. The van der Waals surface area contributed by atoms with Crippen molar-refractivity contribution in [3.8, 4) is 11.8 Å². The van der Waals surface area contributed by atoms with Crippen LogP contribution in [0.2, 0.25) is 5.02 Å². The molecule has 0 spiro atoms. The quantitative estimate of drug-likeness (QED) is 0.585. The third-order valence-electron chi connectivity index (χ3n) is 5.47. The van der Waals surface area contributed by atoms with Crippen molar-refractivity contribution in [3.63, 3.8) is 0 Å². The normalized spacial score (nSPS) is 26.2. The Labute approximate surface area is 194 Å². The van der Waals surface area contributed by atoms with Crippen LogP contribution in [0.3, 0.4) is 0 Å². The lowest BCUT2D eigenvalue weighted by Crippen LogP contribution is -2.61. The molecule has 0 bridgehead atoms. The highest BCUT2D eigenvalue weighted by Gasteiger charge is 2.56. The van der Waals surface area contributed by atoms with Gasteiger partial charge >= 0.3 is 5.97 Å². The maximum atomic E-state index is 13.7. The van der Waals surface area contributed by atoms with E-state index in [1.807, 2.05) is 6.07 Å². The molecule has 0 saturated carbocycles. The molecule has 31 heavy (non-hydrogen) atoms. The van der Waals surface area contributed by atoms with Gasteiger partial charge in [-0.05, 0) is 57.7 Å². The first-order chi connectivity index (χ1) is 14.3. The highest BCUT2D eigenvalue weighted by molar-refractivity contribution is 7.90. The van der Waals surface area contributed by atoms with Crippen LogP contribution >= 0.6 is 23.2 Å². The molecule has 1 saturated heterocycles. The number of hydrogen-bond acceptors (Lipinski definition) is 3. The predicted octanol–water partition coefficient (Wildman–Crippen LogP) is 5.17. The van der Waals surface area contributed by atoms with Crippen LogP contribution in [-0.2, 0) is 14.8 Å². The van der Waals surface area contributed by atoms with E-state index < -0.39 is 39.2 Å². The first kappa shape index (κ1) is 25.5. The van der Waals surface area contributed by atoms with Gasteiger partial charge in [-0.3, -0.25) is 4.79 Å². The van der Waals surface area contributed by atoms with Gasteiger partial charge in [-0.15, -0.1) is 0 Å². The van der Waals surface area contributed by atoms with E-state index in [-0.39, 0.29) is 12.3 Å². The molecule has 0 aliphatic carbocycles. The third-order valence-corrected chi connectivity index (χ3v) is 8.78. The molecule has 1 fully saturated rings. The lowest BCUT2D eigenvalue weighted by molar-refractivity contribution is -0.137. The summed E-state index contributed by atoms with van der Waals surface area (Å²) in [5.74, 6) is 4.14. The SMILES string of the molecule is C=C(C#C/C(Cl)=C\C)[C@@H]1[C@@H](c2cccc(Cl)c2)C[C@](C)(CC(=O)O)S(=O)(=O)N1C(C)C. The van der Waals surface area contributed by atoms with Crippen LogP contribution < -0.4 is 0 Å². The predicted molar refractivity (Wildman–Crippen MR) is 126 cm³/mol. The molecule has 5 nitrogen and oxygen atoms in total. The number of hydrogen-bond donors (Lipinski definition) is 1. The van der Waals surface area contributed by atoms with Crippen molar-refractivity contribution in [2.24, 2.45) is 0 Å². The van der Waals surface area contributed by atoms with Crippen molar-refractivity contribution in [2.75, 3.05) is 0 Å². The number of carboxylic acids is 1. The molecule has 1 heterocycles. The van der Waals surface area contributed by atoms with Crippen LogP contribution in [0.1, 0.15) is 52.0 Å². The molecule has 1 aliphatic rings. The Bertz CT molecular complexity index is 1070. The average molecular weight is 484 g/mol. The molecule has 8 heteroatoms. The van der Waals surface area contributed by atoms with Crippen molar-refractivity contribution in [1.29, 1.82) is 0 Å². The highest BCUT2D eigenvalue weighted by Crippen LogP contribution is 2.48. The van der Waals surface area contributed by atoms with Gasteiger partial charge in [0.1, 0.15) is 0 Å². The number of benzene rings is 1. The smallest absolute Gasteiger partial charge is 0.304 e. The Hall–Kier alpha value is -1.78.